The van der Waals surface area contributed by atoms with Gasteiger partial charge in [-0.05, 0) is 49.1 Å². The van der Waals surface area contributed by atoms with E-state index in [1.165, 1.54) is 11.1 Å². The lowest BCUT2D eigenvalue weighted by atomic mass is 10.0. The van der Waals surface area contributed by atoms with Crippen molar-refractivity contribution in [1.29, 1.82) is 0 Å². The molecule has 0 spiro atoms. The van der Waals surface area contributed by atoms with Crippen molar-refractivity contribution in [3.05, 3.63) is 90.0 Å². The lowest BCUT2D eigenvalue weighted by Crippen LogP contribution is -2.42. The molecule has 0 radical (unpaired) electrons. The molecule has 1 aliphatic heterocycles. The van der Waals surface area contributed by atoms with E-state index >= 15 is 0 Å². The zero-order chi connectivity index (χ0) is 26.6. The van der Waals surface area contributed by atoms with Gasteiger partial charge in [0.25, 0.3) is 0 Å². The molecule has 4 rings (SSSR count). The lowest BCUT2D eigenvalue weighted by molar-refractivity contribution is -0.121. The number of likely N-dealkylation sites (tertiary alicyclic amines) is 1. The van der Waals surface area contributed by atoms with E-state index in [0.717, 1.165) is 62.3 Å². The van der Waals surface area contributed by atoms with Gasteiger partial charge in [0.05, 0.1) is 5.69 Å². The molecular weight excluding hydrogens is 476 g/mol. The van der Waals surface area contributed by atoms with Crippen LogP contribution in [0.2, 0.25) is 0 Å². The highest BCUT2D eigenvalue weighted by atomic mass is 16.6. The van der Waals surface area contributed by atoms with Crippen LogP contribution in [0.5, 0.6) is 0 Å². The van der Waals surface area contributed by atoms with Crippen LogP contribution in [0.3, 0.4) is 0 Å². The number of aryl methyl sites for hydroxylation is 1. The fraction of sp³-hybridized carbons (Fsp3) is 0.355. The molecule has 3 aromatic carbocycles. The standard InChI is InChI=1S/C31H38N4O3/c1-32-23-25-13-11-24(12-14-25)15-16-30(36)33-19-22-35-20-17-27(18-21-35)38-31(37)34-29-10-6-5-9-28(29)26-7-3-2-4-8-26/h2-14,27,32H,15-23H2,1H3,(H,33,36)(H,34,37). The summed E-state index contributed by atoms with van der Waals surface area (Å²) in [5, 5.41) is 9.09. The van der Waals surface area contributed by atoms with Crippen LogP contribution in [0.4, 0.5) is 10.5 Å². The summed E-state index contributed by atoms with van der Waals surface area (Å²) in [5.74, 6) is 0.0787. The molecule has 200 valence electrons. The van der Waals surface area contributed by atoms with Gasteiger partial charge in [-0.15, -0.1) is 0 Å². The summed E-state index contributed by atoms with van der Waals surface area (Å²) in [6.07, 6.45) is 2.27. The smallest absolute Gasteiger partial charge is 0.411 e. The van der Waals surface area contributed by atoms with Crippen LogP contribution < -0.4 is 16.0 Å². The van der Waals surface area contributed by atoms with Crippen molar-refractivity contribution in [2.45, 2.75) is 38.3 Å². The third-order valence-corrected chi connectivity index (χ3v) is 6.85. The van der Waals surface area contributed by atoms with E-state index in [2.05, 4.69) is 45.1 Å². The fourth-order valence-corrected chi connectivity index (χ4v) is 4.73. The molecule has 7 heteroatoms. The number of rotatable bonds is 11. The van der Waals surface area contributed by atoms with E-state index in [9.17, 15) is 9.59 Å². The van der Waals surface area contributed by atoms with Crippen molar-refractivity contribution in [1.82, 2.24) is 15.5 Å². The molecular formula is C31H38N4O3. The number of hydrogen-bond donors (Lipinski definition) is 3. The van der Waals surface area contributed by atoms with E-state index < -0.39 is 6.09 Å². The first-order valence-corrected chi connectivity index (χ1v) is 13.4. The average molecular weight is 515 g/mol. The number of amides is 2. The maximum absolute atomic E-state index is 12.6. The molecule has 0 atom stereocenters. The monoisotopic (exact) mass is 514 g/mol. The summed E-state index contributed by atoms with van der Waals surface area (Å²) in [4.78, 5) is 27.2. The van der Waals surface area contributed by atoms with Gasteiger partial charge in [-0.3, -0.25) is 10.1 Å². The van der Waals surface area contributed by atoms with E-state index in [4.69, 9.17) is 4.74 Å². The molecule has 0 saturated carbocycles. The number of nitrogens with one attached hydrogen (secondary N) is 3. The Bertz CT molecular complexity index is 1160. The predicted molar refractivity (Wildman–Crippen MR) is 152 cm³/mol. The van der Waals surface area contributed by atoms with Crippen LogP contribution in [0.1, 0.15) is 30.4 Å². The second-order valence-corrected chi connectivity index (χ2v) is 9.68. The quantitative estimate of drug-likeness (QED) is 0.341. The van der Waals surface area contributed by atoms with E-state index in [0.29, 0.717) is 13.0 Å². The van der Waals surface area contributed by atoms with Crippen molar-refractivity contribution in [2.75, 3.05) is 38.5 Å². The molecule has 1 heterocycles. The molecule has 1 aliphatic rings. The first kappa shape index (κ1) is 27.4. The van der Waals surface area contributed by atoms with E-state index in [1.54, 1.807) is 0 Å². The van der Waals surface area contributed by atoms with Gasteiger partial charge in [0, 0.05) is 44.7 Å². The Labute approximate surface area is 225 Å². The number of carbonyl (C=O) groups is 2. The number of benzene rings is 3. The van der Waals surface area contributed by atoms with Crippen LogP contribution in [0.25, 0.3) is 11.1 Å². The summed E-state index contributed by atoms with van der Waals surface area (Å²) in [6.45, 7) is 3.96. The largest absolute Gasteiger partial charge is 0.446 e. The summed E-state index contributed by atoms with van der Waals surface area (Å²) in [6, 6.07) is 26.1. The molecule has 0 unspecified atom stereocenters. The Kier molecular flexibility index (Phi) is 10.3. The second-order valence-electron chi connectivity index (χ2n) is 9.68. The molecule has 1 saturated heterocycles. The predicted octanol–water partition coefficient (Wildman–Crippen LogP) is 4.83. The highest BCUT2D eigenvalue weighted by molar-refractivity contribution is 5.91. The fourth-order valence-electron chi connectivity index (χ4n) is 4.73. The molecule has 3 aromatic rings. The minimum Gasteiger partial charge on any atom is -0.446 e. The minimum atomic E-state index is -0.421. The number of ether oxygens (including phenoxy) is 1. The normalized spacial score (nSPS) is 14.1. The van der Waals surface area contributed by atoms with Crippen molar-refractivity contribution < 1.29 is 14.3 Å². The summed E-state index contributed by atoms with van der Waals surface area (Å²) in [7, 11) is 1.93. The lowest BCUT2D eigenvalue weighted by Gasteiger charge is -2.31. The maximum atomic E-state index is 12.6. The summed E-state index contributed by atoms with van der Waals surface area (Å²) >= 11 is 0. The van der Waals surface area contributed by atoms with Crippen LogP contribution in [0.15, 0.2) is 78.9 Å². The topological polar surface area (TPSA) is 82.7 Å². The Morgan fingerprint density at radius 3 is 2.32 bits per heavy atom. The molecule has 38 heavy (non-hydrogen) atoms. The van der Waals surface area contributed by atoms with Crippen LogP contribution in [-0.4, -0.2) is 56.2 Å². The Balaban J connectivity index is 1.12. The van der Waals surface area contributed by atoms with Crippen molar-refractivity contribution in [3.8, 4) is 11.1 Å². The van der Waals surface area contributed by atoms with E-state index in [1.807, 2.05) is 61.6 Å². The molecule has 0 bridgehead atoms. The number of para-hydroxylation sites is 1. The Hall–Kier alpha value is -3.68. The zero-order valence-corrected chi connectivity index (χ0v) is 22.1. The third kappa shape index (κ3) is 8.43. The molecule has 0 aromatic heterocycles. The Morgan fingerprint density at radius 1 is 0.895 bits per heavy atom. The first-order valence-electron chi connectivity index (χ1n) is 13.4. The average Bonchev–Trinajstić information content (AvgIpc) is 2.94. The van der Waals surface area contributed by atoms with Gasteiger partial charge in [0.15, 0.2) is 0 Å². The second kappa shape index (κ2) is 14.3. The highest BCUT2D eigenvalue weighted by Crippen LogP contribution is 2.28. The van der Waals surface area contributed by atoms with E-state index in [-0.39, 0.29) is 12.0 Å². The van der Waals surface area contributed by atoms with Gasteiger partial charge in [-0.25, -0.2) is 4.79 Å². The van der Waals surface area contributed by atoms with Gasteiger partial charge >= 0.3 is 6.09 Å². The number of nitrogens with zero attached hydrogens (tertiary/aromatic N) is 1. The van der Waals surface area contributed by atoms with Gasteiger partial charge in [0.2, 0.25) is 5.91 Å². The molecule has 1 fully saturated rings. The van der Waals surface area contributed by atoms with Gasteiger partial charge in [-0.1, -0.05) is 72.8 Å². The zero-order valence-electron chi connectivity index (χ0n) is 22.1. The molecule has 7 nitrogen and oxygen atoms in total. The number of anilines is 1. The minimum absolute atomic E-state index is 0.0787. The van der Waals surface area contributed by atoms with Crippen molar-refractivity contribution in [2.24, 2.45) is 0 Å². The van der Waals surface area contributed by atoms with Gasteiger partial charge in [0.1, 0.15) is 6.10 Å². The molecule has 2 amide bonds. The first-order chi connectivity index (χ1) is 18.6. The van der Waals surface area contributed by atoms with Crippen molar-refractivity contribution in [3.63, 3.8) is 0 Å². The van der Waals surface area contributed by atoms with Crippen LogP contribution >= 0.6 is 0 Å². The van der Waals surface area contributed by atoms with Crippen molar-refractivity contribution >= 4 is 17.7 Å². The van der Waals surface area contributed by atoms with Gasteiger partial charge in [-0.2, -0.15) is 0 Å². The summed E-state index contributed by atoms with van der Waals surface area (Å²) < 4.78 is 5.72. The Morgan fingerprint density at radius 2 is 1.58 bits per heavy atom. The number of carbonyl (C=O) groups excluding carboxylic acids is 2. The SMILES string of the molecule is CNCc1ccc(CCC(=O)NCCN2CCC(OC(=O)Nc3ccccc3-c3ccccc3)CC2)cc1. The highest BCUT2D eigenvalue weighted by Gasteiger charge is 2.22. The third-order valence-electron chi connectivity index (χ3n) is 6.85. The summed E-state index contributed by atoms with van der Waals surface area (Å²) in [5.41, 5.74) is 5.16. The maximum Gasteiger partial charge on any atom is 0.411 e. The number of hydrogen-bond acceptors (Lipinski definition) is 5. The van der Waals surface area contributed by atoms with Gasteiger partial charge < -0.3 is 20.3 Å². The van der Waals surface area contributed by atoms with Crippen LogP contribution in [0, 0.1) is 0 Å². The number of piperidine rings is 1. The van der Waals surface area contributed by atoms with Crippen LogP contribution in [-0.2, 0) is 22.5 Å². The molecule has 0 aliphatic carbocycles. The molecule has 3 N–H and O–H groups in total.